The number of aromatic nitrogens is 1. The Kier molecular flexibility index (Phi) is 3.22. The Morgan fingerprint density at radius 3 is 2.94 bits per heavy atom. The zero-order valence-electron chi connectivity index (χ0n) is 10.2. The van der Waals surface area contributed by atoms with Crippen LogP contribution in [0.4, 0.5) is 5.69 Å². The third-order valence-corrected chi connectivity index (χ3v) is 3.98. The molecule has 0 amide bonds. The van der Waals surface area contributed by atoms with Gasteiger partial charge in [0.15, 0.2) is 0 Å². The number of anilines is 1. The summed E-state index contributed by atoms with van der Waals surface area (Å²) in [6, 6.07) is 8.71. The summed E-state index contributed by atoms with van der Waals surface area (Å²) in [5.41, 5.74) is 2.17. The van der Waals surface area contributed by atoms with Gasteiger partial charge in [-0.05, 0) is 37.1 Å². The van der Waals surface area contributed by atoms with Crippen molar-refractivity contribution < 1.29 is 4.74 Å². The summed E-state index contributed by atoms with van der Waals surface area (Å²) in [7, 11) is 1.78. The Labute approximate surface area is 115 Å². The van der Waals surface area contributed by atoms with Gasteiger partial charge in [-0.3, -0.25) is 4.98 Å². The van der Waals surface area contributed by atoms with E-state index >= 15 is 0 Å². The Balaban J connectivity index is 1.85. The fourth-order valence-electron chi connectivity index (χ4n) is 2.34. The minimum atomic E-state index is 0.419. The van der Waals surface area contributed by atoms with Crippen LogP contribution in [0, 0.1) is 0 Å². The van der Waals surface area contributed by atoms with E-state index in [1.165, 1.54) is 0 Å². The van der Waals surface area contributed by atoms with E-state index in [4.69, 9.17) is 4.74 Å². The van der Waals surface area contributed by atoms with E-state index in [0.717, 1.165) is 33.9 Å². The first-order valence-corrected chi connectivity index (χ1v) is 6.89. The minimum absolute atomic E-state index is 0.419. The first-order valence-electron chi connectivity index (χ1n) is 6.10. The molecule has 1 aliphatic rings. The Bertz CT molecular complexity index is 567. The molecule has 0 saturated heterocycles. The number of hydrogen-bond donors (Lipinski definition) is 1. The number of fused-ring (bicyclic) bond motifs is 1. The fourth-order valence-corrected chi connectivity index (χ4v) is 2.70. The lowest BCUT2D eigenvalue weighted by atomic mass is 9.89. The summed E-state index contributed by atoms with van der Waals surface area (Å²) in [5, 5.41) is 4.73. The van der Waals surface area contributed by atoms with Crippen LogP contribution in [0.15, 0.2) is 34.9 Å². The van der Waals surface area contributed by atoms with Crippen LogP contribution in [0.2, 0.25) is 0 Å². The van der Waals surface area contributed by atoms with E-state index in [1.54, 1.807) is 7.11 Å². The summed E-state index contributed by atoms with van der Waals surface area (Å²) in [4.78, 5) is 4.38. The number of hydrogen-bond acceptors (Lipinski definition) is 3. The average molecular weight is 307 g/mol. The molecule has 1 saturated carbocycles. The first kappa shape index (κ1) is 11.9. The molecule has 0 atom stereocenters. The maximum absolute atomic E-state index is 5.30. The van der Waals surface area contributed by atoms with Gasteiger partial charge in [0, 0.05) is 34.9 Å². The van der Waals surface area contributed by atoms with Crippen LogP contribution < -0.4 is 5.32 Å². The highest BCUT2D eigenvalue weighted by Gasteiger charge is 2.28. The van der Waals surface area contributed by atoms with E-state index in [-0.39, 0.29) is 0 Å². The molecule has 18 heavy (non-hydrogen) atoms. The van der Waals surface area contributed by atoms with Gasteiger partial charge in [0.2, 0.25) is 0 Å². The maximum Gasteiger partial charge on any atom is 0.0723 e. The van der Waals surface area contributed by atoms with Gasteiger partial charge in [-0.1, -0.05) is 15.9 Å². The van der Waals surface area contributed by atoms with Crippen LogP contribution in [0.5, 0.6) is 0 Å². The summed E-state index contributed by atoms with van der Waals surface area (Å²) in [6.07, 6.45) is 4.43. The summed E-state index contributed by atoms with van der Waals surface area (Å²) < 4.78 is 6.38. The molecule has 94 valence electrons. The monoisotopic (exact) mass is 306 g/mol. The predicted octanol–water partition coefficient (Wildman–Crippen LogP) is 3.59. The van der Waals surface area contributed by atoms with Crippen molar-refractivity contribution in [3.8, 4) is 0 Å². The van der Waals surface area contributed by atoms with E-state index in [0.29, 0.717) is 12.1 Å². The Morgan fingerprint density at radius 1 is 1.33 bits per heavy atom. The molecule has 0 spiro atoms. The maximum atomic E-state index is 5.30. The lowest BCUT2D eigenvalue weighted by molar-refractivity contribution is 0.0329. The number of ether oxygens (including phenoxy) is 1. The molecule has 0 bridgehead atoms. The third kappa shape index (κ3) is 2.22. The highest BCUT2D eigenvalue weighted by atomic mass is 79.9. The molecule has 0 unspecified atom stereocenters. The number of halogens is 1. The summed E-state index contributed by atoms with van der Waals surface area (Å²) in [6.45, 7) is 0. The standard InChI is InChI=1S/C14H15BrN2O/c1-18-11-7-10(8-11)17-14-4-5-16-13-3-2-9(15)6-12(13)14/h2-6,10-11H,7-8H2,1H3,(H,16,17). The van der Waals surface area contributed by atoms with Gasteiger partial charge in [-0.25, -0.2) is 0 Å². The molecule has 1 aromatic heterocycles. The van der Waals surface area contributed by atoms with Crippen LogP contribution in [0.3, 0.4) is 0 Å². The molecular weight excluding hydrogens is 292 g/mol. The molecule has 1 aromatic carbocycles. The van der Waals surface area contributed by atoms with Crippen molar-refractivity contribution in [3.05, 3.63) is 34.9 Å². The first-order chi connectivity index (χ1) is 8.76. The lowest BCUT2D eigenvalue weighted by Gasteiger charge is -2.35. The van der Waals surface area contributed by atoms with Gasteiger partial charge in [0.25, 0.3) is 0 Å². The SMILES string of the molecule is COC1CC(Nc2ccnc3ccc(Br)cc23)C1. The third-order valence-electron chi connectivity index (χ3n) is 3.49. The normalized spacial score (nSPS) is 22.8. The van der Waals surface area contributed by atoms with Gasteiger partial charge >= 0.3 is 0 Å². The van der Waals surface area contributed by atoms with E-state index in [1.807, 2.05) is 24.4 Å². The van der Waals surface area contributed by atoms with Crippen LogP contribution in [-0.4, -0.2) is 24.2 Å². The molecule has 3 nitrogen and oxygen atoms in total. The van der Waals surface area contributed by atoms with Crippen LogP contribution in [-0.2, 0) is 4.74 Å². The van der Waals surface area contributed by atoms with Gasteiger partial charge in [-0.15, -0.1) is 0 Å². The van der Waals surface area contributed by atoms with Crippen molar-refractivity contribution in [1.82, 2.24) is 4.98 Å². The second kappa shape index (κ2) is 4.86. The zero-order chi connectivity index (χ0) is 12.5. The number of rotatable bonds is 3. The highest BCUT2D eigenvalue weighted by molar-refractivity contribution is 9.10. The van der Waals surface area contributed by atoms with Crippen LogP contribution in [0.25, 0.3) is 10.9 Å². The zero-order valence-corrected chi connectivity index (χ0v) is 11.8. The number of nitrogens with zero attached hydrogens (tertiary/aromatic N) is 1. The average Bonchev–Trinajstić information content (AvgIpc) is 2.33. The van der Waals surface area contributed by atoms with Crippen molar-refractivity contribution in [2.45, 2.75) is 25.0 Å². The Hall–Kier alpha value is -1.13. The van der Waals surface area contributed by atoms with Crippen LogP contribution in [0.1, 0.15) is 12.8 Å². The van der Waals surface area contributed by atoms with E-state index in [2.05, 4.69) is 32.3 Å². The van der Waals surface area contributed by atoms with E-state index in [9.17, 15) is 0 Å². The molecule has 1 aliphatic carbocycles. The van der Waals surface area contributed by atoms with Crippen molar-refractivity contribution >= 4 is 32.5 Å². The van der Waals surface area contributed by atoms with Crippen molar-refractivity contribution in [2.24, 2.45) is 0 Å². The summed E-state index contributed by atoms with van der Waals surface area (Å²) >= 11 is 3.51. The predicted molar refractivity (Wildman–Crippen MR) is 76.9 cm³/mol. The number of methoxy groups -OCH3 is 1. The number of nitrogens with one attached hydrogen (secondary N) is 1. The van der Waals surface area contributed by atoms with Gasteiger partial charge in [0.05, 0.1) is 11.6 Å². The number of pyridine rings is 1. The molecule has 0 radical (unpaired) electrons. The smallest absolute Gasteiger partial charge is 0.0723 e. The molecule has 2 aromatic rings. The van der Waals surface area contributed by atoms with E-state index < -0.39 is 0 Å². The van der Waals surface area contributed by atoms with Crippen molar-refractivity contribution in [3.63, 3.8) is 0 Å². The lowest BCUT2D eigenvalue weighted by Crippen LogP contribution is -2.40. The second-order valence-corrected chi connectivity index (χ2v) is 5.61. The fraction of sp³-hybridized carbons (Fsp3) is 0.357. The molecule has 1 N–H and O–H groups in total. The molecule has 3 rings (SSSR count). The molecular formula is C14H15BrN2O. The van der Waals surface area contributed by atoms with Gasteiger partial charge in [0.1, 0.15) is 0 Å². The summed E-state index contributed by atoms with van der Waals surface area (Å²) in [5.74, 6) is 0. The second-order valence-electron chi connectivity index (χ2n) is 4.69. The molecule has 1 heterocycles. The van der Waals surface area contributed by atoms with Gasteiger partial charge < -0.3 is 10.1 Å². The van der Waals surface area contributed by atoms with Crippen LogP contribution >= 0.6 is 15.9 Å². The largest absolute Gasteiger partial charge is 0.382 e. The quantitative estimate of drug-likeness (QED) is 0.941. The van der Waals surface area contributed by atoms with Crippen molar-refractivity contribution in [1.29, 1.82) is 0 Å². The number of benzene rings is 1. The molecule has 4 heteroatoms. The topological polar surface area (TPSA) is 34.1 Å². The highest BCUT2D eigenvalue weighted by Crippen LogP contribution is 2.30. The minimum Gasteiger partial charge on any atom is -0.382 e. The molecule has 1 fully saturated rings. The van der Waals surface area contributed by atoms with Crippen molar-refractivity contribution in [2.75, 3.05) is 12.4 Å². The molecule has 0 aliphatic heterocycles. The Morgan fingerprint density at radius 2 is 2.17 bits per heavy atom. The van der Waals surface area contributed by atoms with Gasteiger partial charge in [-0.2, -0.15) is 0 Å².